The second-order valence-corrected chi connectivity index (χ2v) is 6.95. The van der Waals surface area contributed by atoms with Crippen LogP contribution in [-0.2, 0) is 17.6 Å². The molecule has 0 bridgehead atoms. The van der Waals surface area contributed by atoms with Gasteiger partial charge in [-0.25, -0.2) is 0 Å². The SMILES string of the molecule is COc1cccc(N2C[C@H](NC(=O)c3cc4c([nH]c3=O)CCC4)CC2=O)c1. The van der Waals surface area contributed by atoms with Gasteiger partial charge in [-0.2, -0.15) is 0 Å². The van der Waals surface area contributed by atoms with E-state index in [4.69, 9.17) is 4.74 Å². The molecule has 4 rings (SSSR count). The van der Waals surface area contributed by atoms with E-state index in [-0.39, 0.29) is 29.5 Å². The van der Waals surface area contributed by atoms with E-state index in [1.807, 2.05) is 18.2 Å². The molecule has 7 nitrogen and oxygen atoms in total. The molecule has 0 saturated carbocycles. The number of nitrogens with zero attached hydrogens (tertiary/aromatic N) is 1. The van der Waals surface area contributed by atoms with E-state index < -0.39 is 5.91 Å². The van der Waals surface area contributed by atoms with Gasteiger partial charge in [0.25, 0.3) is 11.5 Å². The van der Waals surface area contributed by atoms with Crippen molar-refractivity contribution < 1.29 is 14.3 Å². The zero-order valence-corrected chi connectivity index (χ0v) is 15.1. The minimum Gasteiger partial charge on any atom is -0.497 e. The number of aryl methyl sites for hydroxylation is 2. The van der Waals surface area contributed by atoms with Crippen molar-refractivity contribution in [2.75, 3.05) is 18.6 Å². The number of H-pyrrole nitrogens is 1. The summed E-state index contributed by atoms with van der Waals surface area (Å²) in [6.45, 7) is 0.362. The minimum absolute atomic E-state index is 0.0728. The zero-order valence-electron chi connectivity index (χ0n) is 15.1. The second kappa shape index (κ2) is 6.90. The Morgan fingerprint density at radius 2 is 2.11 bits per heavy atom. The van der Waals surface area contributed by atoms with E-state index in [9.17, 15) is 14.4 Å². The lowest BCUT2D eigenvalue weighted by Crippen LogP contribution is -2.39. The smallest absolute Gasteiger partial charge is 0.261 e. The number of fused-ring (bicyclic) bond motifs is 1. The van der Waals surface area contributed by atoms with Crippen LogP contribution in [0.2, 0.25) is 0 Å². The van der Waals surface area contributed by atoms with Gasteiger partial charge in [0, 0.05) is 30.4 Å². The summed E-state index contributed by atoms with van der Waals surface area (Å²) in [6.07, 6.45) is 2.91. The molecule has 2 aromatic rings. The molecule has 2 heterocycles. The quantitative estimate of drug-likeness (QED) is 0.855. The maximum Gasteiger partial charge on any atom is 0.261 e. The van der Waals surface area contributed by atoms with Crippen molar-refractivity contribution in [1.29, 1.82) is 0 Å². The number of carbonyl (C=O) groups excluding carboxylic acids is 2. The Balaban J connectivity index is 1.48. The van der Waals surface area contributed by atoms with Crippen molar-refractivity contribution in [3.63, 3.8) is 0 Å². The molecule has 1 atom stereocenters. The van der Waals surface area contributed by atoms with Crippen LogP contribution in [0.25, 0.3) is 0 Å². The number of hydrogen-bond acceptors (Lipinski definition) is 4. The highest BCUT2D eigenvalue weighted by atomic mass is 16.5. The number of methoxy groups -OCH3 is 1. The number of aromatic nitrogens is 1. The van der Waals surface area contributed by atoms with Crippen LogP contribution in [0.15, 0.2) is 35.1 Å². The molecule has 0 radical (unpaired) electrons. The van der Waals surface area contributed by atoms with Gasteiger partial charge in [-0.15, -0.1) is 0 Å². The Morgan fingerprint density at radius 1 is 1.26 bits per heavy atom. The van der Waals surface area contributed by atoms with Gasteiger partial charge in [-0.05, 0) is 43.0 Å². The predicted molar refractivity (Wildman–Crippen MR) is 100 cm³/mol. The number of ether oxygens (including phenoxy) is 1. The molecule has 2 N–H and O–H groups in total. The van der Waals surface area contributed by atoms with E-state index in [0.29, 0.717) is 12.3 Å². The lowest BCUT2D eigenvalue weighted by molar-refractivity contribution is -0.117. The third kappa shape index (κ3) is 3.32. The number of hydrogen-bond donors (Lipinski definition) is 2. The van der Waals surface area contributed by atoms with E-state index in [2.05, 4.69) is 10.3 Å². The maximum absolute atomic E-state index is 12.6. The monoisotopic (exact) mass is 367 g/mol. The average Bonchev–Trinajstić information content (AvgIpc) is 3.26. The third-order valence-corrected chi connectivity index (χ3v) is 5.16. The normalized spacial score (nSPS) is 18.5. The molecule has 140 valence electrons. The first-order valence-electron chi connectivity index (χ1n) is 9.05. The lowest BCUT2D eigenvalue weighted by Gasteiger charge is -2.18. The summed E-state index contributed by atoms with van der Waals surface area (Å²) >= 11 is 0. The summed E-state index contributed by atoms with van der Waals surface area (Å²) in [5.41, 5.74) is 2.42. The van der Waals surface area contributed by atoms with Gasteiger partial charge < -0.3 is 19.9 Å². The summed E-state index contributed by atoms with van der Waals surface area (Å²) < 4.78 is 5.20. The van der Waals surface area contributed by atoms with Gasteiger partial charge >= 0.3 is 0 Å². The summed E-state index contributed by atoms with van der Waals surface area (Å²) in [7, 11) is 1.57. The molecule has 2 aliphatic rings. The van der Waals surface area contributed by atoms with Gasteiger partial charge in [0.2, 0.25) is 5.91 Å². The summed E-state index contributed by atoms with van der Waals surface area (Å²) in [6, 6.07) is 8.58. The fraction of sp³-hybridized carbons (Fsp3) is 0.350. The van der Waals surface area contributed by atoms with Crippen LogP contribution in [0.1, 0.15) is 34.5 Å². The minimum atomic E-state index is -0.434. The Morgan fingerprint density at radius 3 is 2.93 bits per heavy atom. The third-order valence-electron chi connectivity index (χ3n) is 5.16. The molecule has 0 spiro atoms. The molecule has 1 aromatic carbocycles. The number of carbonyl (C=O) groups is 2. The molecule has 2 amide bonds. The van der Waals surface area contributed by atoms with Gasteiger partial charge in [0.1, 0.15) is 11.3 Å². The van der Waals surface area contributed by atoms with Crippen LogP contribution in [0.3, 0.4) is 0 Å². The van der Waals surface area contributed by atoms with E-state index in [1.165, 1.54) is 0 Å². The molecule has 27 heavy (non-hydrogen) atoms. The fourth-order valence-electron chi connectivity index (χ4n) is 3.78. The first-order chi connectivity index (χ1) is 13.0. The van der Waals surface area contributed by atoms with Crippen LogP contribution in [0.4, 0.5) is 5.69 Å². The Bertz CT molecular complexity index is 966. The predicted octanol–water partition coefficient (Wildman–Crippen LogP) is 1.41. The maximum atomic E-state index is 12.6. The molecular formula is C20H21N3O4. The van der Waals surface area contributed by atoms with Gasteiger partial charge in [0.05, 0.1) is 13.2 Å². The van der Waals surface area contributed by atoms with Gasteiger partial charge in [-0.1, -0.05) is 6.07 Å². The van der Waals surface area contributed by atoms with Crippen molar-refractivity contribution in [1.82, 2.24) is 10.3 Å². The number of amides is 2. The first-order valence-corrected chi connectivity index (χ1v) is 9.05. The van der Waals surface area contributed by atoms with Crippen LogP contribution in [0, 0.1) is 0 Å². The number of nitrogens with one attached hydrogen (secondary N) is 2. The standard InChI is InChI=1S/C20H21N3O4/c1-27-15-6-3-5-14(10-15)23-11-13(9-18(23)24)21-19(25)16-8-12-4-2-7-17(12)22-20(16)26/h3,5-6,8,10,13H,2,4,7,9,11H2,1H3,(H,21,25)(H,22,26)/t13-/m1/s1. The van der Waals surface area contributed by atoms with Crippen molar-refractivity contribution in [2.24, 2.45) is 0 Å². The molecule has 1 fully saturated rings. The van der Waals surface area contributed by atoms with Crippen LogP contribution < -0.4 is 20.5 Å². The molecule has 0 unspecified atom stereocenters. The Kier molecular flexibility index (Phi) is 4.43. The van der Waals surface area contributed by atoms with Crippen molar-refractivity contribution in [3.8, 4) is 5.75 Å². The van der Waals surface area contributed by atoms with Crippen LogP contribution in [0.5, 0.6) is 5.75 Å². The highest BCUT2D eigenvalue weighted by Gasteiger charge is 2.32. The van der Waals surface area contributed by atoms with Crippen molar-refractivity contribution in [3.05, 3.63) is 57.5 Å². The second-order valence-electron chi connectivity index (χ2n) is 6.95. The zero-order chi connectivity index (χ0) is 19.0. The number of aromatic amines is 1. The summed E-state index contributed by atoms with van der Waals surface area (Å²) in [5, 5.41) is 2.83. The van der Waals surface area contributed by atoms with Crippen LogP contribution in [-0.4, -0.2) is 36.5 Å². The number of rotatable bonds is 4. The number of benzene rings is 1. The molecule has 1 saturated heterocycles. The molecular weight excluding hydrogens is 346 g/mol. The van der Waals surface area contributed by atoms with Crippen LogP contribution >= 0.6 is 0 Å². The average molecular weight is 367 g/mol. The highest BCUT2D eigenvalue weighted by molar-refractivity contribution is 5.99. The molecule has 1 aliphatic heterocycles. The topological polar surface area (TPSA) is 91.5 Å². The number of pyridine rings is 1. The van der Waals surface area contributed by atoms with Crippen molar-refractivity contribution in [2.45, 2.75) is 31.7 Å². The summed E-state index contributed by atoms with van der Waals surface area (Å²) in [4.78, 5) is 41.6. The lowest BCUT2D eigenvalue weighted by atomic mass is 10.1. The Hall–Kier alpha value is -3.09. The Labute approximate surface area is 156 Å². The van der Waals surface area contributed by atoms with E-state index in [0.717, 1.165) is 36.2 Å². The van der Waals surface area contributed by atoms with E-state index in [1.54, 1.807) is 24.1 Å². The van der Waals surface area contributed by atoms with Gasteiger partial charge in [-0.3, -0.25) is 14.4 Å². The summed E-state index contributed by atoms with van der Waals surface area (Å²) in [5.74, 6) is 0.158. The highest BCUT2D eigenvalue weighted by Crippen LogP contribution is 2.25. The molecule has 7 heteroatoms. The van der Waals surface area contributed by atoms with E-state index >= 15 is 0 Å². The van der Waals surface area contributed by atoms with Gasteiger partial charge in [0.15, 0.2) is 0 Å². The fourth-order valence-corrected chi connectivity index (χ4v) is 3.78. The molecule has 1 aliphatic carbocycles. The van der Waals surface area contributed by atoms with Crippen molar-refractivity contribution >= 4 is 17.5 Å². The largest absolute Gasteiger partial charge is 0.497 e. The number of anilines is 1. The first kappa shape index (κ1) is 17.3. The molecule has 1 aromatic heterocycles.